The third kappa shape index (κ3) is 3.59. The molecule has 1 heterocycles. The Hall–Kier alpha value is -1.93. The second-order valence-corrected chi connectivity index (χ2v) is 6.05. The summed E-state index contributed by atoms with van der Waals surface area (Å²) in [6, 6.07) is 3.24. The third-order valence-corrected chi connectivity index (χ3v) is 4.41. The minimum atomic E-state index is -0.722. The Morgan fingerprint density at radius 2 is 2.12 bits per heavy atom. The summed E-state index contributed by atoms with van der Waals surface area (Å²) >= 11 is 3.12. The first-order valence-corrected chi connectivity index (χ1v) is 8.01. The first kappa shape index (κ1) is 18.4. The SMILES string of the molecule is COCCN1C(=O)N[C@H](c2ccc(F)c(Br)c2)C(C(=O)OC)=C1C. The zero-order valence-electron chi connectivity index (χ0n) is 13.6. The molecule has 0 spiro atoms. The Balaban J connectivity index is 2.50. The summed E-state index contributed by atoms with van der Waals surface area (Å²) in [4.78, 5) is 26.1. The number of nitrogens with zero attached hydrogens (tertiary/aromatic N) is 1. The van der Waals surface area contributed by atoms with Gasteiger partial charge in [0.2, 0.25) is 0 Å². The van der Waals surface area contributed by atoms with Crippen LogP contribution in [0.5, 0.6) is 0 Å². The highest BCUT2D eigenvalue weighted by atomic mass is 79.9. The second-order valence-electron chi connectivity index (χ2n) is 5.19. The van der Waals surface area contributed by atoms with Crippen LogP contribution in [0.4, 0.5) is 9.18 Å². The average Bonchev–Trinajstić information content (AvgIpc) is 2.56. The van der Waals surface area contributed by atoms with Crippen LogP contribution in [0.25, 0.3) is 0 Å². The van der Waals surface area contributed by atoms with Gasteiger partial charge in [0.25, 0.3) is 0 Å². The molecule has 0 radical (unpaired) electrons. The maximum Gasteiger partial charge on any atom is 0.337 e. The van der Waals surface area contributed by atoms with Crippen LogP contribution >= 0.6 is 15.9 Å². The smallest absolute Gasteiger partial charge is 0.337 e. The standard InChI is InChI=1S/C16H18BrFN2O4/c1-9-13(15(21)24-3)14(10-4-5-12(18)11(17)8-10)19-16(22)20(9)6-7-23-2/h4-5,8,14H,6-7H2,1-3H3,(H,19,22)/t14-/m1/s1. The Labute approximate surface area is 147 Å². The van der Waals surface area contributed by atoms with Gasteiger partial charge in [-0.25, -0.2) is 14.0 Å². The molecule has 0 aliphatic carbocycles. The van der Waals surface area contributed by atoms with Crippen molar-refractivity contribution in [2.45, 2.75) is 13.0 Å². The van der Waals surface area contributed by atoms with Gasteiger partial charge in [-0.15, -0.1) is 0 Å². The minimum absolute atomic E-state index is 0.248. The summed E-state index contributed by atoms with van der Waals surface area (Å²) in [5, 5.41) is 2.76. The van der Waals surface area contributed by atoms with E-state index >= 15 is 0 Å². The number of ether oxygens (including phenoxy) is 2. The van der Waals surface area contributed by atoms with Crippen LogP contribution in [0.15, 0.2) is 33.9 Å². The fraction of sp³-hybridized carbons (Fsp3) is 0.375. The van der Waals surface area contributed by atoms with Crippen molar-refractivity contribution in [3.05, 3.63) is 45.3 Å². The zero-order chi connectivity index (χ0) is 17.9. The predicted octanol–water partition coefficient (Wildman–Crippen LogP) is 2.75. The van der Waals surface area contributed by atoms with Gasteiger partial charge in [0.05, 0.1) is 36.3 Å². The predicted molar refractivity (Wildman–Crippen MR) is 88.7 cm³/mol. The molecule has 0 saturated heterocycles. The first-order valence-electron chi connectivity index (χ1n) is 7.21. The number of hydrogen-bond donors (Lipinski definition) is 1. The molecule has 1 aromatic carbocycles. The van der Waals surface area contributed by atoms with Crippen molar-refractivity contribution in [1.29, 1.82) is 0 Å². The molecule has 130 valence electrons. The fourth-order valence-electron chi connectivity index (χ4n) is 2.55. The molecule has 0 saturated carbocycles. The number of allylic oxidation sites excluding steroid dienone is 1. The number of esters is 1. The van der Waals surface area contributed by atoms with Gasteiger partial charge in [-0.1, -0.05) is 6.07 Å². The summed E-state index contributed by atoms with van der Waals surface area (Å²) in [6.45, 7) is 2.30. The maximum absolute atomic E-state index is 13.5. The number of hydrogen-bond acceptors (Lipinski definition) is 4. The van der Waals surface area contributed by atoms with Crippen LogP contribution in [-0.4, -0.2) is 44.3 Å². The third-order valence-electron chi connectivity index (χ3n) is 3.80. The Kier molecular flexibility index (Phi) is 5.95. The second kappa shape index (κ2) is 7.76. The van der Waals surface area contributed by atoms with Crippen molar-refractivity contribution < 1.29 is 23.5 Å². The maximum atomic E-state index is 13.5. The molecule has 1 atom stereocenters. The average molecular weight is 401 g/mol. The summed E-state index contributed by atoms with van der Waals surface area (Å²) in [6.07, 6.45) is 0. The lowest BCUT2D eigenvalue weighted by molar-refractivity contribution is -0.136. The van der Waals surface area contributed by atoms with E-state index in [0.717, 1.165) is 0 Å². The van der Waals surface area contributed by atoms with Crippen molar-refractivity contribution in [2.24, 2.45) is 0 Å². The molecular formula is C16H18BrFN2O4. The number of rotatable bonds is 5. The van der Waals surface area contributed by atoms with Gasteiger partial charge in [0.15, 0.2) is 0 Å². The summed E-state index contributed by atoms with van der Waals surface area (Å²) in [7, 11) is 2.80. The molecule has 1 aromatic rings. The Morgan fingerprint density at radius 3 is 2.71 bits per heavy atom. The number of carbonyl (C=O) groups excluding carboxylic acids is 2. The molecule has 1 aliphatic rings. The van der Waals surface area contributed by atoms with Gasteiger partial charge in [-0.05, 0) is 40.5 Å². The lowest BCUT2D eigenvalue weighted by Crippen LogP contribution is -2.48. The Morgan fingerprint density at radius 1 is 1.42 bits per heavy atom. The van der Waals surface area contributed by atoms with Crippen LogP contribution in [0.3, 0.4) is 0 Å². The van der Waals surface area contributed by atoms with Gasteiger partial charge < -0.3 is 14.8 Å². The van der Waals surface area contributed by atoms with Gasteiger partial charge in [-0.3, -0.25) is 4.90 Å². The lowest BCUT2D eigenvalue weighted by Gasteiger charge is -2.35. The molecule has 2 amide bonds. The molecule has 2 rings (SSSR count). The van der Waals surface area contributed by atoms with Gasteiger partial charge in [-0.2, -0.15) is 0 Å². The van der Waals surface area contributed by atoms with E-state index in [-0.39, 0.29) is 10.5 Å². The van der Waals surface area contributed by atoms with E-state index in [0.29, 0.717) is 30.0 Å². The molecule has 6 nitrogen and oxygen atoms in total. The summed E-state index contributed by atoms with van der Waals surface area (Å²) in [5.41, 5.74) is 1.35. The monoisotopic (exact) mass is 400 g/mol. The zero-order valence-corrected chi connectivity index (χ0v) is 15.1. The summed E-state index contributed by atoms with van der Waals surface area (Å²) in [5.74, 6) is -0.983. The van der Waals surface area contributed by atoms with Gasteiger partial charge in [0, 0.05) is 12.8 Å². The number of benzene rings is 1. The fourth-order valence-corrected chi connectivity index (χ4v) is 2.95. The van der Waals surface area contributed by atoms with Crippen LogP contribution in [0.2, 0.25) is 0 Å². The van der Waals surface area contributed by atoms with Gasteiger partial charge >= 0.3 is 12.0 Å². The van der Waals surface area contributed by atoms with Crippen LogP contribution in [0.1, 0.15) is 18.5 Å². The molecule has 1 aliphatic heterocycles. The van der Waals surface area contributed by atoms with Gasteiger partial charge in [0.1, 0.15) is 5.82 Å². The van der Waals surface area contributed by atoms with Crippen LogP contribution in [-0.2, 0) is 14.3 Å². The van der Waals surface area contributed by atoms with Crippen molar-refractivity contribution in [2.75, 3.05) is 27.4 Å². The number of urea groups is 1. The van der Waals surface area contributed by atoms with Crippen LogP contribution < -0.4 is 5.32 Å². The normalized spacial score (nSPS) is 17.8. The highest BCUT2D eigenvalue weighted by molar-refractivity contribution is 9.10. The first-order chi connectivity index (χ1) is 11.4. The minimum Gasteiger partial charge on any atom is -0.466 e. The number of amides is 2. The van der Waals surface area contributed by atoms with Crippen LogP contribution in [0, 0.1) is 5.82 Å². The highest BCUT2D eigenvalue weighted by Crippen LogP contribution is 2.32. The number of carbonyl (C=O) groups is 2. The van der Waals surface area contributed by atoms with E-state index in [1.807, 2.05) is 0 Å². The molecule has 8 heteroatoms. The van der Waals surface area contributed by atoms with E-state index in [9.17, 15) is 14.0 Å². The molecule has 0 fully saturated rings. The molecule has 0 aromatic heterocycles. The quantitative estimate of drug-likeness (QED) is 0.771. The number of halogens is 2. The largest absolute Gasteiger partial charge is 0.466 e. The highest BCUT2D eigenvalue weighted by Gasteiger charge is 2.36. The topological polar surface area (TPSA) is 67.9 Å². The molecule has 0 unspecified atom stereocenters. The molecule has 1 N–H and O–H groups in total. The van der Waals surface area contributed by atoms with Crippen molar-refractivity contribution in [3.8, 4) is 0 Å². The number of nitrogens with one attached hydrogen (secondary N) is 1. The number of methoxy groups -OCH3 is 2. The molecule has 0 bridgehead atoms. The van der Waals surface area contributed by atoms with E-state index in [1.54, 1.807) is 6.92 Å². The van der Waals surface area contributed by atoms with E-state index in [4.69, 9.17) is 9.47 Å². The van der Waals surface area contributed by atoms with Crippen molar-refractivity contribution >= 4 is 27.9 Å². The van der Waals surface area contributed by atoms with E-state index in [1.165, 1.54) is 37.3 Å². The van der Waals surface area contributed by atoms with Crippen molar-refractivity contribution in [1.82, 2.24) is 10.2 Å². The molecular weight excluding hydrogens is 383 g/mol. The van der Waals surface area contributed by atoms with E-state index < -0.39 is 17.8 Å². The molecule has 24 heavy (non-hydrogen) atoms. The summed E-state index contributed by atoms with van der Waals surface area (Å²) < 4.78 is 23.6. The lowest BCUT2D eigenvalue weighted by atomic mass is 9.95. The van der Waals surface area contributed by atoms with Crippen molar-refractivity contribution in [3.63, 3.8) is 0 Å². The Bertz CT molecular complexity index is 693. The van der Waals surface area contributed by atoms with E-state index in [2.05, 4.69) is 21.2 Å².